The van der Waals surface area contributed by atoms with Gasteiger partial charge in [-0.3, -0.25) is 0 Å². The molecule has 58 valence electrons. The quantitative estimate of drug-likeness (QED) is 0.476. The molecule has 0 bridgehead atoms. The topological polar surface area (TPSA) is 0 Å². The average Bonchev–Trinajstić information content (AvgIpc) is 0.918. The smallest absolute Gasteiger partial charge is 0 e. The minimum absolute atomic E-state index is 0. The molecule has 0 nitrogen and oxygen atoms in total. The summed E-state index contributed by atoms with van der Waals surface area (Å²) in [6.45, 7) is 4.31. The van der Waals surface area contributed by atoms with Crippen LogP contribution in [-0.2, 0) is 21.1 Å². The van der Waals surface area contributed by atoms with E-state index in [1.165, 1.54) is 0 Å². The van der Waals surface area contributed by atoms with Gasteiger partial charge >= 0.3 is 0 Å². The summed E-state index contributed by atoms with van der Waals surface area (Å²) in [5, 5.41) is 0. The van der Waals surface area contributed by atoms with E-state index in [1.54, 1.807) is 0 Å². The molecule has 0 rings (SSSR count). The Morgan fingerprint density at radius 2 is 0.875 bits per heavy atom. The van der Waals surface area contributed by atoms with Crippen molar-refractivity contribution in [3.63, 3.8) is 0 Å². The Bertz CT molecular complexity index is 8.49. The fraction of sp³-hybridized carbons (Fsp3) is 0.833. The van der Waals surface area contributed by atoms with Gasteiger partial charge in [0.1, 0.15) is 0 Å². The Balaban J connectivity index is -0.00000000200. The number of hydrogen-bond acceptors (Lipinski definition) is 0. The van der Waals surface area contributed by atoms with Crippen molar-refractivity contribution >= 4 is 8.58 Å². The van der Waals surface area contributed by atoms with E-state index in [-0.39, 0.29) is 50.8 Å². The van der Waals surface area contributed by atoms with Gasteiger partial charge in [0.15, 0.2) is 0 Å². The standard InChI is InChI=1S/C2H7P.3CH4.CH3.W/c1-3-2;;;;;/h3H,1-2H3;3*1H4;1H3;/q;;;;-1;. The van der Waals surface area contributed by atoms with Gasteiger partial charge < -0.3 is 7.43 Å². The molecule has 0 fully saturated rings. The van der Waals surface area contributed by atoms with Gasteiger partial charge in [-0.1, -0.05) is 22.3 Å². The van der Waals surface area contributed by atoms with Crippen LogP contribution >= 0.6 is 8.58 Å². The zero-order valence-corrected chi connectivity index (χ0v) is 7.84. The average molecular weight is 309 g/mol. The molecule has 0 spiro atoms. The van der Waals surface area contributed by atoms with E-state index in [2.05, 4.69) is 13.3 Å². The number of rotatable bonds is 0. The second-order valence-corrected chi connectivity index (χ2v) is 1.50. The summed E-state index contributed by atoms with van der Waals surface area (Å²) < 4.78 is 0. The van der Waals surface area contributed by atoms with Crippen LogP contribution in [0.15, 0.2) is 0 Å². The van der Waals surface area contributed by atoms with E-state index in [1.807, 2.05) is 0 Å². The van der Waals surface area contributed by atoms with Gasteiger partial charge in [0.05, 0.1) is 0 Å². The van der Waals surface area contributed by atoms with Crippen molar-refractivity contribution in [2.24, 2.45) is 0 Å². The molecule has 8 heavy (non-hydrogen) atoms. The molecule has 0 aliphatic rings. The Kier molecular flexibility index (Phi) is 708. The summed E-state index contributed by atoms with van der Waals surface area (Å²) in [6.07, 6.45) is 0. The van der Waals surface area contributed by atoms with Crippen molar-refractivity contribution in [3.05, 3.63) is 7.43 Å². The summed E-state index contributed by atoms with van der Waals surface area (Å²) >= 11 is 0. The van der Waals surface area contributed by atoms with Crippen LogP contribution in [0.3, 0.4) is 0 Å². The zero-order valence-electron chi connectivity index (χ0n) is 3.91. The first kappa shape index (κ1) is 61.8. The Labute approximate surface area is 72.9 Å². The fourth-order valence-corrected chi connectivity index (χ4v) is 0. The summed E-state index contributed by atoms with van der Waals surface area (Å²) in [5.41, 5.74) is 0. The van der Waals surface area contributed by atoms with Crippen LogP contribution in [0.2, 0.25) is 0 Å². The molecule has 0 amide bonds. The van der Waals surface area contributed by atoms with Crippen LogP contribution < -0.4 is 0 Å². The molecule has 0 N–H and O–H groups in total. The normalized spacial score (nSPS) is 2.25. The van der Waals surface area contributed by atoms with Crippen LogP contribution in [0.1, 0.15) is 22.3 Å². The Morgan fingerprint density at radius 1 is 0.875 bits per heavy atom. The van der Waals surface area contributed by atoms with E-state index in [0.29, 0.717) is 0 Å². The van der Waals surface area contributed by atoms with Crippen molar-refractivity contribution in [1.82, 2.24) is 0 Å². The van der Waals surface area contributed by atoms with E-state index < -0.39 is 0 Å². The molecule has 2 heteroatoms. The fourth-order valence-electron chi connectivity index (χ4n) is 0. The zero-order chi connectivity index (χ0) is 2.71. The molecule has 0 aliphatic carbocycles. The minimum atomic E-state index is 0. The third-order valence-corrected chi connectivity index (χ3v) is 0. The van der Waals surface area contributed by atoms with Gasteiger partial charge in [0, 0.05) is 21.1 Å². The Morgan fingerprint density at radius 3 is 0.875 bits per heavy atom. The maximum absolute atomic E-state index is 2.15. The first-order valence-electron chi connectivity index (χ1n) is 1.00. The van der Waals surface area contributed by atoms with Gasteiger partial charge in [-0.25, -0.2) is 0 Å². The van der Waals surface area contributed by atoms with Crippen LogP contribution in [0.5, 0.6) is 0 Å². The predicted molar refractivity (Wildman–Crippen MR) is 46.8 cm³/mol. The van der Waals surface area contributed by atoms with Crippen molar-refractivity contribution in [2.75, 3.05) is 13.3 Å². The molecule has 0 heterocycles. The van der Waals surface area contributed by atoms with Gasteiger partial charge in [-0.15, -0.1) is 8.58 Å². The molecule has 0 aromatic carbocycles. The molecule has 0 aromatic heterocycles. The molecule has 0 radical (unpaired) electrons. The summed E-state index contributed by atoms with van der Waals surface area (Å²) in [4.78, 5) is 0. The van der Waals surface area contributed by atoms with Crippen LogP contribution in [0.4, 0.5) is 0 Å². The second kappa shape index (κ2) is 91.7. The first-order valence-corrected chi connectivity index (χ1v) is 3.00. The van der Waals surface area contributed by atoms with Gasteiger partial charge in [0.25, 0.3) is 0 Å². The molecule has 0 aliphatic heterocycles. The third-order valence-electron chi connectivity index (χ3n) is 0. The molecule has 0 atom stereocenters. The second-order valence-electron chi connectivity index (χ2n) is 0.500. The van der Waals surface area contributed by atoms with Crippen molar-refractivity contribution in [3.8, 4) is 0 Å². The molecule has 0 saturated carbocycles. The van der Waals surface area contributed by atoms with Crippen LogP contribution in [-0.4, -0.2) is 13.3 Å². The van der Waals surface area contributed by atoms with Crippen molar-refractivity contribution in [1.29, 1.82) is 0 Å². The van der Waals surface area contributed by atoms with Crippen LogP contribution in [0, 0.1) is 7.43 Å². The van der Waals surface area contributed by atoms with Gasteiger partial charge in [-0.2, -0.15) is 0 Å². The third kappa shape index (κ3) is 213. The Hall–Kier alpha value is 1.12. The van der Waals surface area contributed by atoms with Crippen molar-refractivity contribution < 1.29 is 21.1 Å². The molecular formula is C6H22PW-. The summed E-state index contributed by atoms with van der Waals surface area (Å²) in [6, 6.07) is 0. The minimum Gasteiger partial charge on any atom is -0.358 e. The van der Waals surface area contributed by atoms with Crippen LogP contribution in [0.25, 0.3) is 0 Å². The summed E-state index contributed by atoms with van der Waals surface area (Å²) in [5.74, 6) is 0. The molecule has 0 aromatic rings. The molecule has 0 unspecified atom stereocenters. The predicted octanol–water partition coefficient (Wildman–Crippen LogP) is 3.28. The van der Waals surface area contributed by atoms with Gasteiger partial charge in [-0.05, 0) is 13.3 Å². The first-order chi connectivity index (χ1) is 1.41. The molecule has 0 saturated heterocycles. The van der Waals surface area contributed by atoms with E-state index in [9.17, 15) is 0 Å². The largest absolute Gasteiger partial charge is 0.358 e. The van der Waals surface area contributed by atoms with Gasteiger partial charge in [0.2, 0.25) is 0 Å². The van der Waals surface area contributed by atoms with Crippen molar-refractivity contribution in [2.45, 2.75) is 22.3 Å². The maximum atomic E-state index is 2.15. The van der Waals surface area contributed by atoms with E-state index >= 15 is 0 Å². The van der Waals surface area contributed by atoms with E-state index in [4.69, 9.17) is 0 Å². The molecular weight excluding hydrogens is 287 g/mol. The number of hydrogen-bond donors (Lipinski definition) is 0. The summed E-state index contributed by atoms with van der Waals surface area (Å²) in [7, 11) is 1.08. The van der Waals surface area contributed by atoms with E-state index in [0.717, 1.165) is 8.58 Å². The SMILES string of the molecule is C.C.C.CPC.[CH3-].[W]. The monoisotopic (exact) mass is 309 g/mol. The maximum Gasteiger partial charge on any atom is 0 e.